The Morgan fingerprint density at radius 3 is 2.57 bits per heavy atom. The summed E-state index contributed by atoms with van der Waals surface area (Å²) in [6.07, 6.45) is 0.966. The summed E-state index contributed by atoms with van der Waals surface area (Å²) in [5, 5.41) is 12.7. The molecule has 6 nitrogen and oxygen atoms in total. The van der Waals surface area contributed by atoms with Gasteiger partial charge in [0.25, 0.3) is 0 Å². The molecule has 30 heavy (non-hydrogen) atoms. The molecule has 0 saturated heterocycles. The van der Waals surface area contributed by atoms with E-state index in [1.165, 1.54) is 22.2 Å². The van der Waals surface area contributed by atoms with E-state index in [2.05, 4.69) is 53.2 Å². The van der Waals surface area contributed by atoms with Crippen LogP contribution in [-0.2, 0) is 11.3 Å². The first kappa shape index (κ1) is 22.1. The molecule has 0 bridgehead atoms. The lowest BCUT2D eigenvalue weighted by atomic mass is 10.2. The number of aryl methyl sites for hydroxylation is 1. The minimum absolute atomic E-state index is 0.0494. The van der Waals surface area contributed by atoms with Crippen LogP contribution in [0.15, 0.2) is 59.8 Å². The summed E-state index contributed by atoms with van der Waals surface area (Å²) in [6, 6.07) is 18.4. The Morgan fingerprint density at radius 1 is 1.13 bits per heavy atom. The molecule has 0 spiro atoms. The zero-order valence-electron chi connectivity index (χ0n) is 18.1. The number of quaternary nitrogens is 1. The van der Waals surface area contributed by atoms with Gasteiger partial charge in [0.15, 0.2) is 11.0 Å². The summed E-state index contributed by atoms with van der Waals surface area (Å²) in [4.78, 5) is 13.8. The van der Waals surface area contributed by atoms with Crippen molar-refractivity contribution in [3.05, 3.63) is 71.5 Å². The highest BCUT2D eigenvalue weighted by molar-refractivity contribution is 7.99. The molecule has 1 heterocycles. The van der Waals surface area contributed by atoms with E-state index in [0.717, 1.165) is 28.7 Å². The molecule has 0 aliphatic carbocycles. The molecule has 158 valence electrons. The van der Waals surface area contributed by atoms with Gasteiger partial charge in [-0.1, -0.05) is 61.2 Å². The highest BCUT2D eigenvalue weighted by atomic mass is 32.2. The summed E-state index contributed by atoms with van der Waals surface area (Å²) in [7, 11) is 4.27. The van der Waals surface area contributed by atoms with Crippen molar-refractivity contribution in [3.63, 3.8) is 0 Å². The maximum atomic E-state index is 12.5. The molecule has 0 aliphatic rings. The molecule has 1 amide bonds. The Bertz CT molecular complexity index is 971. The summed E-state index contributed by atoms with van der Waals surface area (Å²) < 4.78 is 2.15. The average Bonchev–Trinajstić information content (AvgIpc) is 3.10. The fourth-order valence-electron chi connectivity index (χ4n) is 3.48. The van der Waals surface area contributed by atoms with Crippen molar-refractivity contribution in [2.24, 2.45) is 0 Å². The van der Waals surface area contributed by atoms with Crippen LogP contribution in [0.1, 0.15) is 36.3 Å². The number of amides is 1. The van der Waals surface area contributed by atoms with Gasteiger partial charge >= 0.3 is 0 Å². The second-order valence-corrected chi connectivity index (χ2v) is 8.60. The van der Waals surface area contributed by atoms with Gasteiger partial charge in [0.1, 0.15) is 6.04 Å². The van der Waals surface area contributed by atoms with E-state index in [0.29, 0.717) is 6.54 Å². The molecule has 0 fully saturated rings. The van der Waals surface area contributed by atoms with Crippen LogP contribution in [0.25, 0.3) is 0 Å². The van der Waals surface area contributed by atoms with Gasteiger partial charge in [0, 0.05) is 12.1 Å². The van der Waals surface area contributed by atoms with Crippen molar-refractivity contribution >= 4 is 23.4 Å². The van der Waals surface area contributed by atoms with Crippen LogP contribution in [0, 0.1) is 6.92 Å². The van der Waals surface area contributed by atoms with Gasteiger partial charge in [-0.15, -0.1) is 10.2 Å². The third-order valence-electron chi connectivity index (χ3n) is 4.98. The molecule has 2 N–H and O–H groups in total. The molecular weight excluding hydrogens is 394 g/mol. The molecule has 2 aromatic carbocycles. The van der Waals surface area contributed by atoms with Gasteiger partial charge in [0.05, 0.1) is 26.4 Å². The summed E-state index contributed by atoms with van der Waals surface area (Å²) in [5.41, 5.74) is 3.12. The molecule has 3 aromatic rings. The molecule has 0 unspecified atom stereocenters. The molecular formula is C23H30N5OS+. The van der Waals surface area contributed by atoms with Crippen molar-refractivity contribution < 1.29 is 9.69 Å². The number of hydrogen-bond donors (Lipinski definition) is 2. The fourth-order valence-corrected chi connectivity index (χ4v) is 4.22. The van der Waals surface area contributed by atoms with Crippen LogP contribution >= 0.6 is 11.8 Å². The Kier molecular flexibility index (Phi) is 7.65. The van der Waals surface area contributed by atoms with Crippen LogP contribution in [0.3, 0.4) is 0 Å². The van der Waals surface area contributed by atoms with E-state index >= 15 is 0 Å². The van der Waals surface area contributed by atoms with Crippen LogP contribution in [0.4, 0.5) is 5.69 Å². The lowest BCUT2D eigenvalue weighted by molar-refractivity contribution is -0.893. The number of carbonyl (C=O) groups excluding carboxylic acids is 1. The quantitative estimate of drug-likeness (QED) is 0.519. The highest BCUT2D eigenvalue weighted by Crippen LogP contribution is 2.23. The monoisotopic (exact) mass is 424 g/mol. The third-order valence-corrected chi connectivity index (χ3v) is 5.95. The minimum Gasteiger partial charge on any atom is -0.331 e. The standard InChI is InChI=1S/C23H29N5OS/c1-5-20(27(3)4)22-25-26-23(28(22)15-18-11-7-6-8-12-18)30-16-21(29)24-19-13-9-10-17(2)14-19/h6-14,20H,5,15-16H2,1-4H3,(H,24,29)/p+1/t20-/m0/s1. The molecule has 0 radical (unpaired) electrons. The largest absolute Gasteiger partial charge is 0.331 e. The van der Waals surface area contributed by atoms with E-state index in [1.807, 2.05) is 49.4 Å². The molecule has 7 heteroatoms. The van der Waals surface area contributed by atoms with E-state index in [9.17, 15) is 4.79 Å². The van der Waals surface area contributed by atoms with Gasteiger partial charge in [-0.05, 0) is 30.2 Å². The maximum Gasteiger partial charge on any atom is 0.234 e. The Hall–Kier alpha value is -2.64. The number of aromatic nitrogens is 3. The van der Waals surface area contributed by atoms with Gasteiger partial charge in [-0.25, -0.2) is 0 Å². The van der Waals surface area contributed by atoms with Crippen LogP contribution in [0.5, 0.6) is 0 Å². The van der Waals surface area contributed by atoms with Gasteiger partial charge in [0.2, 0.25) is 5.91 Å². The number of hydrogen-bond acceptors (Lipinski definition) is 4. The van der Waals surface area contributed by atoms with Crippen molar-refractivity contribution in [1.82, 2.24) is 14.8 Å². The van der Waals surface area contributed by atoms with E-state index < -0.39 is 0 Å². The first-order valence-corrected chi connectivity index (χ1v) is 11.2. The summed E-state index contributed by atoms with van der Waals surface area (Å²) in [5.74, 6) is 1.20. The van der Waals surface area contributed by atoms with Crippen molar-refractivity contribution in [2.75, 3.05) is 25.2 Å². The number of anilines is 1. The van der Waals surface area contributed by atoms with Gasteiger partial charge in [-0.2, -0.15) is 0 Å². The van der Waals surface area contributed by atoms with Gasteiger partial charge in [-0.3, -0.25) is 9.36 Å². The average molecular weight is 425 g/mol. The SMILES string of the molecule is CC[C@@H](c1nnc(SCC(=O)Nc2cccc(C)c2)n1Cc1ccccc1)[NH+](C)C. The first-order chi connectivity index (χ1) is 14.5. The molecule has 1 aromatic heterocycles. The van der Waals surface area contributed by atoms with Crippen LogP contribution in [-0.4, -0.2) is 40.5 Å². The molecule has 3 rings (SSSR count). The lowest BCUT2D eigenvalue weighted by Crippen LogP contribution is -3.06. The summed E-state index contributed by atoms with van der Waals surface area (Å²) in [6.45, 7) is 4.87. The third kappa shape index (κ3) is 5.70. The van der Waals surface area contributed by atoms with E-state index in [4.69, 9.17) is 0 Å². The van der Waals surface area contributed by atoms with Gasteiger partial charge < -0.3 is 10.2 Å². The second-order valence-electron chi connectivity index (χ2n) is 7.66. The Morgan fingerprint density at radius 2 is 1.90 bits per heavy atom. The lowest BCUT2D eigenvalue weighted by Gasteiger charge is -2.20. The predicted octanol–water partition coefficient (Wildman–Crippen LogP) is 2.96. The highest BCUT2D eigenvalue weighted by Gasteiger charge is 2.25. The first-order valence-electron chi connectivity index (χ1n) is 10.2. The molecule has 1 atom stereocenters. The maximum absolute atomic E-state index is 12.5. The minimum atomic E-state index is -0.0494. The zero-order chi connectivity index (χ0) is 21.5. The number of nitrogens with zero attached hydrogens (tertiary/aromatic N) is 3. The zero-order valence-corrected chi connectivity index (χ0v) is 18.9. The number of nitrogens with one attached hydrogen (secondary N) is 2. The van der Waals surface area contributed by atoms with Crippen molar-refractivity contribution in [1.29, 1.82) is 0 Å². The number of benzene rings is 2. The van der Waals surface area contributed by atoms with Crippen molar-refractivity contribution in [2.45, 2.75) is 38.0 Å². The number of carbonyl (C=O) groups is 1. The fraction of sp³-hybridized carbons (Fsp3) is 0.348. The predicted molar refractivity (Wildman–Crippen MR) is 122 cm³/mol. The summed E-state index contributed by atoms with van der Waals surface area (Å²) >= 11 is 1.43. The van der Waals surface area contributed by atoms with E-state index in [1.54, 1.807) is 0 Å². The van der Waals surface area contributed by atoms with Crippen LogP contribution < -0.4 is 10.2 Å². The second kappa shape index (κ2) is 10.4. The van der Waals surface area contributed by atoms with Crippen LogP contribution in [0.2, 0.25) is 0 Å². The number of rotatable bonds is 9. The topological polar surface area (TPSA) is 64.2 Å². The Labute approximate surface area is 182 Å². The van der Waals surface area contributed by atoms with E-state index in [-0.39, 0.29) is 17.7 Å². The molecule has 0 saturated carbocycles. The Balaban J connectivity index is 1.77. The molecule has 0 aliphatic heterocycles. The smallest absolute Gasteiger partial charge is 0.234 e. The van der Waals surface area contributed by atoms with Crippen molar-refractivity contribution in [3.8, 4) is 0 Å². The number of thioether (sulfide) groups is 1. The normalized spacial score (nSPS) is 12.2.